The van der Waals surface area contributed by atoms with E-state index >= 15 is 0 Å². The summed E-state index contributed by atoms with van der Waals surface area (Å²) in [6.45, 7) is 0.955. The number of benzene rings is 2. The van der Waals surface area contributed by atoms with Crippen LogP contribution in [0.5, 0.6) is 11.5 Å². The van der Waals surface area contributed by atoms with Crippen molar-refractivity contribution in [3.8, 4) is 22.9 Å². The van der Waals surface area contributed by atoms with Gasteiger partial charge in [0, 0.05) is 41.7 Å². The first-order valence-electron chi connectivity index (χ1n) is 9.15. The highest BCUT2D eigenvalue weighted by molar-refractivity contribution is 6.30. The second kappa shape index (κ2) is 8.13. The van der Waals surface area contributed by atoms with Crippen molar-refractivity contribution in [3.63, 3.8) is 0 Å². The van der Waals surface area contributed by atoms with Crippen LogP contribution >= 0.6 is 11.6 Å². The summed E-state index contributed by atoms with van der Waals surface area (Å²) in [4.78, 5) is 18.8. The fourth-order valence-corrected chi connectivity index (χ4v) is 3.52. The second-order valence-electron chi connectivity index (χ2n) is 6.82. The van der Waals surface area contributed by atoms with Crippen LogP contribution in [0.25, 0.3) is 11.4 Å². The maximum atomic E-state index is 12.6. The third-order valence-corrected chi connectivity index (χ3v) is 5.22. The fraction of sp³-hybridized carbons (Fsp3) is 0.286. The van der Waals surface area contributed by atoms with E-state index in [1.54, 1.807) is 31.3 Å². The predicted octanol–water partition coefficient (Wildman–Crippen LogP) is 3.92. The van der Waals surface area contributed by atoms with Crippen molar-refractivity contribution in [1.29, 1.82) is 0 Å². The van der Waals surface area contributed by atoms with Gasteiger partial charge in [0.25, 0.3) is 0 Å². The van der Waals surface area contributed by atoms with Gasteiger partial charge in [-0.3, -0.25) is 4.79 Å². The van der Waals surface area contributed by atoms with Crippen molar-refractivity contribution in [2.24, 2.45) is 0 Å². The number of hydrogen-bond acceptors (Lipinski definition) is 6. The summed E-state index contributed by atoms with van der Waals surface area (Å²) in [5.41, 5.74) is 1.73. The molecule has 1 aliphatic rings. The zero-order valence-electron chi connectivity index (χ0n) is 16.1. The molecule has 150 valence electrons. The van der Waals surface area contributed by atoms with Gasteiger partial charge in [0.1, 0.15) is 11.5 Å². The Hall–Kier alpha value is -3.06. The fourth-order valence-electron chi connectivity index (χ4n) is 3.40. The van der Waals surface area contributed by atoms with Gasteiger partial charge in [0.05, 0.1) is 20.1 Å². The SMILES string of the molecule is COc1ccc(CN2CC(c3nc(-c4ccc(Cl)cc4)no3)CC2=O)c(OC)c1. The molecule has 0 radical (unpaired) electrons. The van der Waals surface area contributed by atoms with Crippen molar-refractivity contribution < 1.29 is 18.8 Å². The highest BCUT2D eigenvalue weighted by Gasteiger charge is 2.34. The lowest BCUT2D eigenvalue weighted by molar-refractivity contribution is -0.128. The van der Waals surface area contributed by atoms with Gasteiger partial charge >= 0.3 is 0 Å². The van der Waals surface area contributed by atoms with E-state index in [0.29, 0.717) is 47.7 Å². The average Bonchev–Trinajstić information content (AvgIpc) is 3.36. The van der Waals surface area contributed by atoms with Gasteiger partial charge < -0.3 is 18.9 Å². The second-order valence-corrected chi connectivity index (χ2v) is 7.25. The van der Waals surface area contributed by atoms with E-state index in [-0.39, 0.29) is 11.8 Å². The van der Waals surface area contributed by atoms with Crippen molar-refractivity contribution in [1.82, 2.24) is 15.0 Å². The molecule has 0 bridgehead atoms. The minimum Gasteiger partial charge on any atom is -0.497 e. The molecule has 2 aromatic carbocycles. The average molecular weight is 414 g/mol. The maximum absolute atomic E-state index is 12.6. The standard InChI is InChI=1S/C21H20ClN3O4/c1-27-17-8-5-14(18(10-17)28-2)11-25-12-15(9-19(25)26)21-23-20(24-29-21)13-3-6-16(22)7-4-13/h3-8,10,15H,9,11-12H2,1-2H3. The summed E-state index contributed by atoms with van der Waals surface area (Å²) in [6.07, 6.45) is 0.334. The van der Waals surface area contributed by atoms with E-state index in [1.165, 1.54) is 0 Å². The van der Waals surface area contributed by atoms with Crippen LogP contribution in [0.3, 0.4) is 0 Å². The van der Waals surface area contributed by atoms with E-state index < -0.39 is 0 Å². The van der Waals surface area contributed by atoms with Crippen LogP contribution in [-0.4, -0.2) is 41.7 Å². The zero-order valence-corrected chi connectivity index (χ0v) is 16.8. The number of nitrogens with zero attached hydrogens (tertiary/aromatic N) is 3. The molecule has 0 spiro atoms. The lowest BCUT2D eigenvalue weighted by atomic mass is 10.1. The molecule has 1 unspecified atom stereocenters. The van der Waals surface area contributed by atoms with Crippen molar-refractivity contribution in [2.45, 2.75) is 18.9 Å². The Balaban J connectivity index is 1.48. The Morgan fingerprint density at radius 3 is 2.69 bits per heavy atom. The molecule has 3 aromatic rings. The quantitative estimate of drug-likeness (QED) is 0.609. The molecule has 1 aromatic heterocycles. The summed E-state index contributed by atoms with van der Waals surface area (Å²) >= 11 is 5.92. The Bertz CT molecular complexity index is 1020. The van der Waals surface area contributed by atoms with Crippen LogP contribution in [-0.2, 0) is 11.3 Å². The van der Waals surface area contributed by atoms with Crippen LogP contribution in [0.15, 0.2) is 47.0 Å². The molecule has 29 heavy (non-hydrogen) atoms. The Morgan fingerprint density at radius 2 is 1.97 bits per heavy atom. The van der Waals surface area contributed by atoms with Gasteiger partial charge in [0.2, 0.25) is 17.6 Å². The third kappa shape index (κ3) is 4.05. The molecule has 1 saturated heterocycles. The number of hydrogen-bond donors (Lipinski definition) is 0. The van der Waals surface area contributed by atoms with Gasteiger partial charge in [-0.05, 0) is 36.4 Å². The number of halogens is 1. The maximum Gasteiger partial charge on any atom is 0.232 e. The first-order valence-corrected chi connectivity index (χ1v) is 9.53. The minimum absolute atomic E-state index is 0.0408. The first-order chi connectivity index (χ1) is 14.1. The summed E-state index contributed by atoms with van der Waals surface area (Å²) < 4.78 is 16.1. The smallest absolute Gasteiger partial charge is 0.232 e. The van der Waals surface area contributed by atoms with Crippen molar-refractivity contribution in [3.05, 3.63) is 58.9 Å². The molecule has 1 aliphatic heterocycles. The van der Waals surface area contributed by atoms with Crippen LogP contribution < -0.4 is 9.47 Å². The van der Waals surface area contributed by atoms with Crippen molar-refractivity contribution >= 4 is 17.5 Å². The molecule has 1 atom stereocenters. The number of likely N-dealkylation sites (tertiary alicyclic amines) is 1. The van der Waals surface area contributed by atoms with Crippen LogP contribution in [0.4, 0.5) is 0 Å². The molecule has 1 amide bonds. The third-order valence-electron chi connectivity index (χ3n) is 4.96. The number of rotatable bonds is 6. The highest BCUT2D eigenvalue weighted by Crippen LogP contribution is 2.32. The monoisotopic (exact) mass is 413 g/mol. The number of amides is 1. The first kappa shape index (κ1) is 19.3. The number of aromatic nitrogens is 2. The summed E-state index contributed by atoms with van der Waals surface area (Å²) in [6, 6.07) is 12.8. The zero-order chi connectivity index (χ0) is 20.4. The van der Waals surface area contributed by atoms with Crippen LogP contribution in [0.1, 0.15) is 23.8 Å². The topological polar surface area (TPSA) is 77.7 Å². The van der Waals surface area contributed by atoms with Crippen LogP contribution in [0, 0.1) is 0 Å². The molecular formula is C21H20ClN3O4. The largest absolute Gasteiger partial charge is 0.497 e. The Kier molecular flexibility index (Phi) is 5.40. The lowest BCUT2D eigenvalue weighted by Gasteiger charge is -2.18. The Morgan fingerprint density at radius 1 is 1.17 bits per heavy atom. The number of carbonyl (C=O) groups is 1. The molecule has 0 aliphatic carbocycles. The normalized spacial score (nSPS) is 16.3. The van der Waals surface area contributed by atoms with E-state index in [2.05, 4.69) is 10.1 Å². The molecule has 0 saturated carbocycles. The molecule has 8 heteroatoms. The van der Waals surface area contributed by atoms with E-state index in [1.807, 2.05) is 30.3 Å². The number of carbonyl (C=O) groups excluding carboxylic acids is 1. The van der Waals surface area contributed by atoms with E-state index in [4.69, 9.17) is 25.6 Å². The van der Waals surface area contributed by atoms with Crippen molar-refractivity contribution in [2.75, 3.05) is 20.8 Å². The number of ether oxygens (including phenoxy) is 2. The highest BCUT2D eigenvalue weighted by atomic mass is 35.5. The minimum atomic E-state index is -0.139. The molecule has 0 N–H and O–H groups in total. The van der Waals surface area contributed by atoms with Crippen LogP contribution in [0.2, 0.25) is 5.02 Å². The van der Waals surface area contributed by atoms with Gasteiger partial charge in [-0.15, -0.1) is 0 Å². The molecule has 1 fully saturated rings. The molecule has 4 rings (SSSR count). The molecule has 7 nitrogen and oxygen atoms in total. The Labute approximate surface area is 173 Å². The summed E-state index contributed by atoms with van der Waals surface area (Å²) in [5, 5.41) is 4.69. The predicted molar refractivity (Wildman–Crippen MR) is 107 cm³/mol. The van der Waals surface area contributed by atoms with Gasteiger partial charge in [-0.1, -0.05) is 16.8 Å². The van der Waals surface area contributed by atoms with Gasteiger partial charge in [0.15, 0.2) is 0 Å². The summed E-state index contributed by atoms with van der Waals surface area (Å²) in [7, 11) is 3.20. The van der Waals surface area contributed by atoms with E-state index in [0.717, 1.165) is 11.1 Å². The number of methoxy groups -OCH3 is 2. The molecular weight excluding hydrogens is 394 g/mol. The lowest BCUT2D eigenvalue weighted by Crippen LogP contribution is -2.24. The van der Waals surface area contributed by atoms with Gasteiger partial charge in [-0.25, -0.2) is 0 Å². The summed E-state index contributed by atoms with van der Waals surface area (Å²) in [5.74, 6) is 2.24. The van der Waals surface area contributed by atoms with E-state index in [9.17, 15) is 4.79 Å². The molecule has 2 heterocycles. The van der Waals surface area contributed by atoms with Gasteiger partial charge in [-0.2, -0.15) is 4.98 Å².